The third-order valence-corrected chi connectivity index (χ3v) is 7.05. The van der Waals surface area contributed by atoms with Crippen LogP contribution in [0.1, 0.15) is 50.1 Å². The number of nitrogens with zero attached hydrogens (tertiary/aromatic N) is 4. The summed E-state index contributed by atoms with van der Waals surface area (Å²) in [6.45, 7) is 11.3. The lowest BCUT2D eigenvalue weighted by atomic mass is 9.99. The molecular weight excluding hydrogens is 421 g/mol. The van der Waals surface area contributed by atoms with Crippen LogP contribution in [-0.4, -0.2) is 53.0 Å². The normalized spacial score (nSPS) is 23.2. The zero-order valence-electron chi connectivity index (χ0n) is 19.9. The van der Waals surface area contributed by atoms with E-state index in [0.717, 1.165) is 74.0 Å². The van der Waals surface area contributed by atoms with Crippen LogP contribution < -0.4 is 10.2 Å². The van der Waals surface area contributed by atoms with Crippen molar-refractivity contribution in [2.24, 2.45) is 0 Å². The fourth-order valence-corrected chi connectivity index (χ4v) is 5.06. The number of ether oxygens (including phenoxy) is 1. The van der Waals surface area contributed by atoms with Crippen molar-refractivity contribution >= 4 is 16.7 Å². The second-order valence-corrected chi connectivity index (χ2v) is 9.66. The van der Waals surface area contributed by atoms with Crippen molar-refractivity contribution in [3.63, 3.8) is 0 Å². The number of aryl methyl sites for hydroxylation is 3. The minimum Gasteiger partial charge on any atom is -0.377 e. The van der Waals surface area contributed by atoms with Gasteiger partial charge in [0.15, 0.2) is 5.82 Å². The second-order valence-electron chi connectivity index (χ2n) is 9.66. The number of hydrogen-bond donors (Lipinski definition) is 1. The van der Waals surface area contributed by atoms with Crippen LogP contribution in [0.25, 0.3) is 22.4 Å². The van der Waals surface area contributed by atoms with Gasteiger partial charge in [-0.05, 0) is 69.7 Å². The highest BCUT2D eigenvalue weighted by molar-refractivity contribution is 5.93. The van der Waals surface area contributed by atoms with E-state index in [1.165, 1.54) is 0 Å². The highest BCUT2D eigenvalue weighted by Gasteiger charge is 2.37. The molecule has 2 atom stereocenters. The monoisotopic (exact) mass is 453 g/mol. The van der Waals surface area contributed by atoms with Gasteiger partial charge in [0.2, 0.25) is 0 Å². The summed E-state index contributed by atoms with van der Waals surface area (Å²) in [6, 6.07) is 3.61. The fourth-order valence-electron chi connectivity index (χ4n) is 5.06. The van der Waals surface area contributed by atoms with Gasteiger partial charge >= 0.3 is 0 Å². The smallest absolute Gasteiger partial charge is 0.261 e. The Bertz CT molecular complexity index is 1170. The fraction of sp³-hybridized carbons (Fsp3) is 0.560. The predicted octanol–water partition coefficient (Wildman–Crippen LogP) is 4.34. The lowest BCUT2D eigenvalue weighted by Crippen LogP contribution is -2.47. The zero-order valence-corrected chi connectivity index (χ0v) is 19.9. The van der Waals surface area contributed by atoms with Crippen LogP contribution >= 0.6 is 0 Å². The summed E-state index contributed by atoms with van der Waals surface area (Å²) < 4.78 is 26.5. The van der Waals surface area contributed by atoms with Crippen LogP contribution in [0.2, 0.25) is 0 Å². The first-order valence-corrected chi connectivity index (χ1v) is 11.9. The van der Waals surface area contributed by atoms with E-state index < -0.39 is 0 Å². The molecule has 176 valence electrons. The summed E-state index contributed by atoms with van der Waals surface area (Å²) in [5, 5.41) is 8.52. The molecule has 4 heterocycles. The van der Waals surface area contributed by atoms with E-state index in [4.69, 9.17) is 14.2 Å². The molecule has 1 aromatic carbocycles. The molecule has 2 fully saturated rings. The largest absolute Gasteiger partial charge is 0.377 e. The van der Waals surface area contributed by atoms with E-state index in [-0.39, 0.29) is 17.5 Å². The van der Waals surface area contributed by atoms with Gasteiger partial charge in [-0.2, -0.15) is 4.98 Å². The van der Waals surface area contributed by atoms with Crippen LogP contribution in [0.15, 0.2) is 16.7 Å². The summed E-state index contributed by atoms with van der Waals surface area (Å²) in [4.78, 5) is 11.6. The first-order chi connectivity index (χ1) is 15.9. The Hall–Kier alpha value is -2.58. The highest BCUT2D eigenvalue weighted by Crippen LogP contribution is 2.39. The summed E-state index contributed by atoms with van der Waals surface area (Å²) in [7, 11) is 0. The summed E-state index contributed by atoms with van der Waals surface area (Å²) >= 11 is 0. The van der Waals surface area contributed by atoms with Crippen molar-refractivity contribution < 1.29 is 13.7 Å². The van der Waals surface area contributed by atoms with Crippen molar-refractivity contribution in [2.75, 3.05) is 31.1 Å². The number of benzene rings is 1. The van der Waals surface area contributed by atoms with Gasteiger partial charge in [0, 0.05) is 37.2 Å². The zero-order chi connectivity index (χ0) is 23.2. The Balaban J connectivity index is 1.54. The highest BCUT2D eigenvalue weighted by atomic mass is 19.1. The number of hydrogen-bond acceptors (Lipinski definition) is 7. The lowest BCUT2D eigenvalue weighted by molar-refractivity contribution is 0.103. The number of fused-ring (bicyclic) bond motifs is 1. The number of halogens is 1. The molecule has 2 aromatic heterocycles. The molecule has 2 aliphatic rings. The Labute approximate surface area is 193 Å². The van der Waals surface area contributed by atoms with Gasteiger partial charge in [-0.15, -0.1) is 0 Å². The van der Waals surface area contributed by atoms with Crippen LogP contribution in [0.5, 0.6) is 0 Å². The number of pyridine rings is 1. The van der Waals surface area contributed by atoms with Crippen molar-refractivity contribution in [1.29, 1.82) is 0 Å². The molecule has 0 saturated carbocycles. The van der Waals surface area contributed by atoms with E-state index in [1.54, 1.807) is 13.0 Å². The van der Waals surface area contributed by atoms with Gasteiger partial charge in [0.1, 0.15) is 17.2 Å². The van der Waals surface area contributed by atoms with E-state index in [1.807, 2.05) is 19.9 Å². The predicted molar refractivity (Wildman–Crippen MR) is 126 cm³/mol. The molecule has 8 heteroatoms. The maximum absolute atomic E-state index is 15.1. The van der Waals surface area contributed by atoms with Gasteiger partial charge in [-0.3, -0.25) is 0 Å². The minimum absolute atomic E-state index is 0.0802. The maximum Gasteiger partial charge on any atom is 0.261 e. The molecule has 0 spiro atoms. The first-order valence-electron chi connectivity index (χ1n) is 11.9. The van der Waals surface area contributed by atoms with E-state index in [2.05, 4.69) is 27.3 Å². The second kappa shape index (κ2) is 8.65. The maximum atomic E-state index is 15.1. The molecule has 0 radical (unpaired) electrons. The van der Waals surface area contributed by atoms with Crippen molar-refractivity contribution in [1.82, 2.24) is 20.4 Å². The van der Waals surface area contributed by atoms with Crippen LogP contribution in [-0.2, 0) is 11.2 Å². The minimum atomic E-state index is -0.291. The molecule has 0 unspecified atom stereocenters. The van der Waals surface area contributed by atoms with E-state index in [0.29, 0.717) is 23.0 Å². The Morgan fingerprint density at radius 3 is 2.82 bits per heavy atom. The summed E-state index contributed by atoms with van der Waals surface area (Å²) in [5.41, 5.74) is 2.95. The number of rotatable bonds is 6. The first kappa shape index (κ1) is 22.2. The van der Waals surface area contributed by atoms with Crippen molar-refractivity contribution in [3.05, 3.63) is 34.9 Å². The summed E-state index contributed by atoms with van der Waals surface area (Å²) in [6.07, 6.45) is 4.24. The topological polar surface area (TPSA) is 76.3 Å². The molecule has 0 bridgehead atoms. The van der Waals surface area contributed by atoms with Crippen LogP contribution in [0.3, 0.4) is 0 Å². The van der Waals surface area contributed by atoms with Gasteiger partial charge in [0.05, 0.1) is 11.7 Å². The molecule has 3 aromatic rings. The SMILES string of the molecule is CCc1cc(F)c2nc(N3CC[C@](C)(NC[C@@H]4CCCO4)C3)c(-c3nc(C)no3)c(C)c2c1. The molecule has 33 heavy (non-hydrogen) atoms. The molecule has 2 saturated heterocycles. The Kier molecular flexibility index (Phi) is 5.82. The molecule has 1 N–H and O–H groups in total. The number of anilines is 1. The van der Waals surface area contributed by atoms with Gasteiger partial charge in [0.25, 0.3) is 5.89 Å². The lowest BCUT2D eigenvalue weighted by Gasteiger charge is -2.29. The summed E-state index contributed by atoms with van der Waals surface area (Å²) in [5.74, 6) is 1.40. The Morgan fingerprint density at radius 1 is 1.27 bits per heavy atom. The molecule has 0 amide bonds. The van der Waals surface area contributed by atoms with E-state index in [9.17, 15) is 0 Å². The van der Waals surface area contributed by atoms with Gasteiger partial charge < -0.3 is 19.5 Å². The molecule has 0 aliphatic carbocycles. The van der Waals surface area contributed by atoms with Crippen LogP contribution in [0, 0.1) is 19.7 Å². The van der Waals surface area contributed by atoms with Crippen molar-refractivity contribution in [2.45, 2.75) is 65.0 Å². The standard InChI is InChI=1S/C25H32FN5O2/c1-5-17-11-19-15(2)21(24-28-16(3)30-33-24)23(29-22(19)20(26)12-17)31-9-8-25(4,14-31)27-13-18-7-6-10-32-18/h11-12,18,27H,5-10,13-14H2,1-4H3/t18-,25-/m0/s1. The average Bonchev–Trinajstić information content (AvgIpc) is 3.54. The van der Waals surface area contributed by atoms with Gasteiger partial charge in [-0.25, -0.2) is 9.37 Å². The quantitative estimate of drug-likeness (QED) is 0.595. The number of nitrogens with one attached hydrogen (secondary N) is 1. The Morgan fingerprint density at radius 2 is 2.12 bits per heavy atom. The van der Waals surface area contributed by atoms with Gasteiger partial charge in [-0.1, -0.05) is 12.1 Å². The third-order valence-electron chi connectivity index (χ3n) is 7.05. The van der Waals surface area contributed by atoms with Crippen LogP contribution in [0.4, 0.5) is 10.2 Å². The molecular formula is C25H32FN5O2. The molecule has 7 nitrogen and oxygen atoms in total. The number of aromatic nitrogens is 3. The third kappa shape index (κ3) is 4.22. The van der Waals surface area contributed by atoms with E-state index >= 15 is 4.39 Å². The average molecular weight is 454 g/mol. The van der Waals surface area contributed by atoms with Crippen molar-refractivity contribution in [3.8, 4) is 11.5 Å². The molecule has 2 aliphatic heterocycles. The molecule has 5 rings (SSSR count).